The molecule has 4 rings (SSSR count). The Balaban J connectivity index is 1.23. The number of hydrogen-bond donors (Lipinski definition) is 1. The van der Waals surface area contributed by atoms with Gasteiger partial charge in [0.1, 0.15) is 0 Å². The maximum Gasteiger partial charge on any atom is 0.164 e. The Morgan fingerprint density at radius 3 is 1.76 bits per heavy atom. The lowest BCUT2D eigenvalue weighted by Crippen LogP contribution is -2.15. The highest BCUT2D eigenvalue weighted by Gasteiger charge is 2.26. The van der Waals surface area contributed by atoms with Crippen molar-refractivity contribution in [1.29, 1.82) is 0 Å². The molecule has 1 aromatic rings. The van der Waals surface area contributed by atoms with Gasteiger partial charge in [-0.05, 0) is 99.4 Å². The standard InChI is InChI=1S/C31H42F2O/c1-21-3-5-23(6-4-21)7-8-24-9-11-25(12-10-24)13-14-26-15-17-27(18-16-26)29-20-19-28(22(2)34)30(32)31(29)33/h7-9,11,13-14,19-27,34H,3-6,10,12,15-18H2,1-2H3/b8-7+,14-13+. The van der Waals surface area contributed by atoms with Crippen LogP contribution in [0.3, 0.4) is 0 Å². The van der Waals surface area contributed by atoms with Crippen LogP contribution >= 0.6 is 0 Å². The van der Waals surface area contributed by atoms with E-state index in [9.17, 15) is 13.9 Å². The third-order valence-electron chi connectivity index (χ3n) is 8.56. The largest absolute Gasteiger partial charge is 0.389 e. The first-order valence-electron chi connectivity index (χ1n) is 13.6. The topological polar surface area (TPSA) is 20.2 Å². The fraction of sp³-hybridized carbons (Fsp3) is 0.613. The van der Waals surface area contributed by atoms with Gasteiger partial charge in [-0.15, -0.1) is 0 Å². The predicted molar refractivity (Wildman–Crippen MR) is 136 cm³/mol. The molecule has 1 nitrogen and oxygen atoms in total. The number of allylic oxidation sites excluding steroid dienone is 6. The summed E-state index contributed by atoms with van der Waals surface area (Å²) in [5.74, 6) is 1.75. The number of benzene rings is 1. The molecule has 3 aliphatic rings. The lowest BCUT2D eigenvalue weighted by atomic mass is 9.77. The molecule has 0 heterocycles. The van der Waals surface area contributed by atoms with Crippen molar-refractivity contribution in [3.05, 3.63) is 71.4 Å². The Kier molecular flexibility index (Phi) is 8.80. The SMILES string of the molecule is CC1CCC(/C=C/C2C=CC(/C=C/C3CCC(c4ccc(C(C)O)c(F)c4F)CC3)CC2)CC1. The number of halogens is 2. The second-order valence-electron chi connectivity index (χ2n) is 11.2. The van der Waals surface area contributed by atoms with Crippen molar-refractivity contribution < 1.29 is 13.9 Å². The molecule has 0 aliphatic heterocycles. The van der Waals surface area contributed by atoms with E-state index in [1.54, 1.807) is 6.07 Å². The minimum Gasteiger partial charge on any atom is -0.389 e. The van der Waals surface area contributed by atoms with Crippen LogP contribution in [0.15, 0.2) is 48.6 Å². The molecule has 186 valence electrons. The van der Waals surface area contributed by atoms with Crippen molar-refractivity contribution in [3.63, 3.8) is 0 Å². The summed E-state index contributed by atoms with van der Waals surface area (Å²) in [6.45, 7) is 3.84. The number of aliphatic hydroxyl groups excluding tert-OH is 1. The smallest absolute Gasteiger partial charge is 0.164 e. The number of hydrogen-bond acceptors (Lipinski definition) is 1. The second kappa shape index (κ2) is 11.8. The van der Waals surface area contributed by atoms with Gasteiger partial charge in [0.25, 0.3) is 0 Å². The molecular weight excluding hydrogens is 426 g/mol. The Labute approximate surface area is 205 Å². The fourth-order valence-electron chi connectivity index (χ4n) is 6.10. The third-order valence-corrected chi connectivity index (χ3v) is 8.56. The van der Waals surface area contributed by atoms with E-state index in [1.165, 1.54) is 51.5 Å². The average molecular weight is 469 g/mol. The predicted octanol–water partition coefficient (Wildman–Crippen LogP) is 8.81. The molecule has 0 saturated heterocycles. The fourth-order valence-corrected chi connectivity index (χ4v) is 6.10. The summed E-state index contributed by atoms with van der Waals surface area (Å²) in [6, 6.07) is 3.21. The van der Waals surface area contributed by atoms with Gasteiger partial charge >= 0.3 is 0 Å². The van der Waals surface area contributed by atoms with E-state index < -0.39 is 17.7 Å². The number of rotatable bonds is 6. The van der Waals surface area contributed by atoms with Crippen LogP contribution in [-0.2, 0) is 0 Å². The molecule has 0 radical (unpaired) electrons. The summed E-state index contributed by atoms with van der Waals surface area (Å²) in [4.78, 5) is 0. The van der Waals surface area contributed by atoms with Gasteiger partial charge in [-0.25, -0.2) is 8.78 Å². The van der Waals surface area contributed by atoms with Crippen LogP contribution in [0.4, 0.5) is 8.78 Å². The van der Waals surface area contributed by atoms with E-state index in [0.717, 1.165) is 37.5 Å². The molecule has 0 bridgehead atoms. The quantitative estimate of drug-likeness (QED) is 0.414. The van der Waals surface area contributed by atoms with E-state index in [-0.39, 0.29) is 11.5 Å². The molecule has 1 aromatic carbocycles. The van der Waals surface area contributed by atoms with Gasteiger partial charge in [0.05, 0.1) is 6.10 Å². The van der Waals surface area contributed by atoms with Gasteiger partial charge in [0.2, 0.25) is 0 Å². The molecule has 3 atom stereocenters. The van der Waals surface area contributed by atoms with Crippen LogP contribution in [0.5, 0.6) is 0 Å². The maximum atomic E-state index is 14.6. The first kappa shape index (κ1) is 25.4. The Morgan fingerprint density at radius 2 is 1.26 bits per heavy atom. The molecule has 0 spiro atoms. The van der Waals surface area contributed by atoms with E-state index in [1.807, 2.05) is 0 Å². The highest BCUT2D eigenvalue weighted by atomic mass is 19.2. The van der Waals surface area contributed by atoms with Crippen molar-refractivity contribution in [2.24, 2.45) is 29.6 Å². The van der Waals surface area contributed by atoms with Crippen LogP contribution in [0, 0.1) is 41.2 Å². The first-order valence-corrected chi connectivity index (χ1v) is 13.6. The van der Waals surface area contributed by atoms with E-state index in [4.69, 9.17) is 0 Å². The molecule has 34 heavy (non-hydrogen) atoms. The van der Waals surface area contributed by atoms with Crippen molar-refractivity contribution in [2.75, 3.05) is 0 Å². The van der Waals surface area contributed by atoms with E-state index in [2.05, 4.69) is 43.4 Å². The zero-order chi connectivity index (χ0) is 24.1. The van der Waals surface area contributed by atoms with Crippen molar-refractivity contribution >= 4 is 0 Å². The first-order chi connectivity index (χ1) is 16.4. The zero-order valence-electron chi connectivity index (χ0n) is 20.9. The highest BCUT2D eigenvalue weighted by Crippen LogP contribution is 2.39. The van der Waals surface area contributed by atoms with Gasteiger partial charge in [0.15, 0.2) is 11.6 Å². The second-order valence-corrected chi connectivity index (χ2v) is 11.2. The molecule has 1 N–H and O–H groups in total. The van der Waals surface area contributed by atoms with Crippen molar-refractivity contribution in [2.45, 2.75) is 90.1 Å². The normalized spacial score (nSPS) is 33.6. The van der Waals surface area contributed by atoms with Crippen LogP contribution < -0.4 is 0 Å². The van der Waals surface area contributed by atoms with Crippen molar-refractivity contribution in [3.8, 4) is 0 Å². The lowest BCUT2D eigenvalue weighted by molar-refractivity contribution is 0.192. The van der Waals surface area contributed by atoms with Crippen LogP contribution in [0.1, 0.15) is 101 Å². The van der Waals surface area contributed by atoms with Crippen molar-refractivity contribution in [1.82, 2.24) is 0 Å². The van der Waals surface area contributed by atoms with Gasteiger partial charge < -0.3 is 5.11 Å². The average Bonchev–Trinajstić information content (AvgIpc) is 2.85. The maximum absolute atomic E-state index is 14.6. The minimum atomic E-state index is -0.995. The monoisotopic (exact) mass is 468 g/mol. The van der Waals surface area contributed by atoms with Crippen LogP contribution in [0.25, 0.3) is 0 Å². The number of aliphatic hydroxyl groups is 1. The molecule has 2 saturated carbocycles. The molecule has 0 amide bonds. The van der Waals surface area contributed by atoms with Crippen LogP contribution in [-0.4, -0.2) is 5.11 Å². The zero-order valence-corrected chi connectivity index (χ0v) is 20.9. The van der Waals surface area contributed by atoms with Gasteiger partial charge in [0, 0.05) is 5.56 Å². The molecular formula is C31H42F2O. The summed E-state index contributed by atoms with van der Waals surface area (Å²) in [7, 11) is 0. The van der Waals surface area contributed by atoms with Gasteiger partial charge in [-0.2, -0.15) is 0 Å². The van der Waals surface area contributed by atoms with Gasteiger partial charge in [-0.3, -0.25) is 0 Å². The highest BCUT2D eigenvalue weighted by molar-refractivity contribution is 5.30. The summed E-state index contributed by atoms with van der Waals surface area (Å²) in [5, 5.41) is 9.61. The minimum absolute atomic E-state index is 0.0414. The summed E-state index contributed by atoms with van der Waals surface area (Å²) in [5.41, 5.74) is 0.515. The molecule has 3 aliphatic carbocycles. The molecule has 2 fully saturated rings. The Bertz CT molecular complexity index is 883. The summed E-state index contributed by atoms with van der Waals surface area (Å²) in [6.07, 6.45) is 25.2. The van der Waals surface area contributed by atoms with Gasteiger partial charge in [-0.1, -0.05) is 68.4 Å². The Hall–Kier alpha value is -1.74. The van der Waals surface area contributed by atoms with E-state index in [0.29, 0.717) is 23.3 Å². The summed E-state index contributed by atoms with van der Waals surface area (Å²) >= 11 is 0. The lowest BCUT2D eigenvalue weighted by Gasteiger charge is -2.28. The molecule has 0 aromatic heterocycles. The molecule has 3 unspecified atom stereocenters. The summed E-state index contributed by atoms with van der Waals surface area (Å²) < 4.78 is 28.9. The Morgan fingerprint density at radius 1 is 0.735 bits per heavy atom. The van der Waals surface area contributed by atoms with E-state index >= 15 is 0 Å². The third kappa shape index (κ3) is 6.47. The van der Waals surface area contributed by atoms with Crippen LogP contribution in [0.2, 0.25) is 0 Å². The molecule has 3 heteroatoms.